The Morgan fingerprint density at radius 1 is 1.25 bits per heavy atom. The van der Waals surface area contributed by atoms with Crippen LogP contribution in [0.2, 0.25) is 0 Å². The molecule has 0 bridgehead atoms. The van der Waals surface area contributed by atoms with Gasteiger partial charge in [0, 0.05) is 12.2 Å². The zero-order valence-corrected chi connectivity index (χ0v) is 11.8. The summed E-state index contributed by atoms with van der Waals surface area (Å²) in [7, 11) is 0. The molecule has 1 rings (SSSR count). The van der Waals surface area contributed by atoms with E-state index < -0.39 is 11.9 Å². The quantitative estimate of drug-likeness (QED) is 0.662. The summed E-state index contributed by atoms with van der Waals surface area (Å²) in [6, 6.07) is 10.0. The highest BCUT2D eigenvalue weighted by molar-refractivity contribution is 5.90. The first-order valence-corrected chi connectivity index (χ1v) is 6.21. The first kappa shape index (κ1) is 17.6. The number of aliphatic carboxylic acids is 1. The van der Waals surface area contributed by atoms with Crippen LogP contribution in [0.15, 0.2) is 49.1 Å². The average molecular weight is 276 g/mol. The highest BCUT2D eigenvalue weighted by atomic mass is 16.5. The lowest BCUT2D eigenvalue weighted by Crippen LogP contribution is -2.07. The van der Waals surface area contributed by atoms with Crippen LogP contribution in [-0.2, 0) is 14.3 Å². The Morgan fingerprint density at radius 2 is 1.85 bits per heavy atom. The van der Waals surface area contributed by atoms with E-state index in [4.69, 9.17) is 5.11 Å². The highest BCUT2D eigenvalue weighted by Gasteiger charge is 1.99. The average Bonchev–Trinajstić information content (AvgIpc) is 2.44. The summed E-state index contributed by atoms with van der Waals surface area (Å²) in [5, 5.41) is 8.15. The monoisotopic (exact) mass is 276 g/mol. The Morgan fingerprint density at radius 3 is 2.25 bits per heavy atom. The lowest BCUT2D eigenvalue weighted by Gasteiger charge is -2.03. The molecule has 0 saturated heterocycles. The summed E-state index contributed by atoms with van der Waals surface area (Å²) in [6.45, 7) is 7.73. The highest BCUT2D eigenvalue weighted by Crippen LogP contribution is 1.97. The lowest BCUT2D eigenvalue weighted by atomic mass is 10.2. The van der Waals surface area contributed by atoms with Crippen LogP contribution in [0.4, 0.5) is 0 Å². The Kier molecular flexibility index (Phi) is 9.31. The van der Waals surface area contributed by atoms with Gasteiger partial charge >= 0.3 is 11.9 Å². The Bertz CT molecular complexity index is 447. The van der Waals surface area contributed by atoms with Crippen LogP contribution in [0.1, 0.15) is 19.4 Å². The molecule has 0 amide bonds. The minimum absolute atomic E-state index is 0.257. The maximum absolute atomic E-state index is 10.7. The summed E-state index contributed by atoms with van der Waals surface area (Å²) in [5.41, 5.74) is 1.17. The SMILES string of the molecule is C=Cc1ccccc1.CC(C)COC(=O)/C=C\C(=O)O. The van der Waals surface area contributed by atoms with E-state index in [2.05, 4.69) is 11.3 Å². The fraction of sp³-hybridized carbons (Fsp3) is 0.250. The number of esters is 1. The van der Waals surface area contributed by atoms with Crippen LogP contribution in [0, 0.1) is 5.92 Å². The third-order valence-electron chi connectivity index (χ3n) is 1.96. The molecule has 0 spiro atoms. The fourth-order valence-electron chi connectivity index (χ4n) is 1.03. The number of carbonyl (C=O) groups is 2. The molecule has 0 atom stereocenters. The van der Waals surface area contributed by atoms with Gasteiger partial charge in [-0.05, 0) is 11.5 Å². The number of carboxylic acids is 1. The van der Waals surface area contributed by atoms with Crippen LogP contribution in [0.25, 0.3) is 6.08 Å². The van der Waals surface area contributed by atoms with Crippen molar-refractivity contribution < 1.29 is 19.4 Å². The second-order valence-electron chi connectivity index (χ2n) is 4.31. The van der Waals surface area contributed by atoms with Crippen molar-refractivity contribution >= 4 is 18.0 Å². The molecule has 0 aliphatic carbocycles. The van der Waals surface area contributed by atoms with Gasteiger partial charge in [0.15, 0.2) is 0 Å². The third-order valence-corrected chi connectivity index (χ3v) is 1.96. The van der Waals surface area contributed by atoms with Gasteiger partial charge in [-0.15, -0.1) is 0 Å². The molecule has 4 nitrogen and oxygen atoms in total. The number of hydrogen-bond donors (Lipinski definition) is 1. The molecule has 1 aromatic carbocycles. The van der Waals surface area contributed by atoms with Gasteiger partial charge < -0.3 is 9.84 Å². The molecule has 1 aromatic rings. The number of ether oxygens (including phenoxy) is 1. The number of rotatable bonds is 5. The molecule has 0 heterocycles. The second kappa shape index (κ2) is 10.6. The van der Waals surface area contributed by atoms with Crippen molar-refractivity contribution in [2.45, 2.75) is 13.8 Å². The van der Waals surface area contributed by atoms with E-state index in [0.29, 0.717) is 6.61 Å². The fourth-order valence-corrected chi connectivity index (χ4v) is 1.03. The number of benzene rings is 1. The van der Waals surface area contributed by atoms with Gasteiger partial charge in [-0.2, -0.15) is 0 Å². The van der Waals surface area contributed by atoms with E-state index in [-0.39, 0.29) is 5.92 Å². The summed E-state index contributed by atoms with van der Waals surface area (Å²) < 4.78 is 4.66. The van der Waals surface area contributed by atoms with E-state index in [9.17, 15) is 9.59 Å². The topological polar surface area (TPSA) is 63.6 Å². The molecule has 108 valence electrons. The molecule has 0 saturated carbocycles. The summed E-state index contributed by atoms with van der Waals surface area (Å²) >= 11 is 0. The van der Waals surface area contributed by atoms with Crippen molar-refractivity contribution in [1.82, 2.24) is 0 Å². The standard InChI is InChI=1S/C8H12O4.C8H8/c1-6(2)5-12-8(11)4-3-7(9)10;1-2-8-6-4-3-5-7-8/h3-4,6H,5H2,1-2H3,(H,9,10);2-7H,1H2/b4-3-;. The number of carbonyl (C=O) groups excluding carboxylic acids is 1. The van der Waals surface area contributed by atoms with Gasteiger partial charge in [0.05, 0.1) is 6.61 Å². The van der Waals surface area contributed by atoms with Gasteiger partial charge in [-0.3, -0.25) is 0 Å². The van der Waals surface area contributed by atoms with Crippen molar-refractivity contribution in [1.29, 1.82) is 0 Å². The molecule has 4 heteroatoms. The Hall–Kier alpha value is -2.36. The number of carboxylic acid groups (broad SMARTS) is 1. The van der Waals surface area contributed by atoms with Crippen molar-refractivity contribution in [2.75, 3.05) is 6.61 Å². The maximum atomic E-state index is 10.7. The first-order valence-electron chi connectivity index (χ1n) is 6.21. The van der Waals surface area contributed by atoms with E-state index >= 15 is 0 Å². The third kappa shape index (κ3) is 10.8. The van der Waals surface area contributed by atoms with Crippen LogP contribution in [0.3, 0.4) is 0 Å². The first-order chi connectivity index (χ1) is 9.45. The Balaban J connectivity index is 0.000000388. The van der Waals surface area contributed by atoms with Crippen molar-refractivity contribution in [2.24, 2.45) is 5.92 Å². The van der Waals surface area contributed by atoms with Gasteiger partial charge in [0.1, 0.15) is 0 Å². The van der Waals surface area contributed by atoms with Gasteiger partial charge in [0.25, 0.3) is 0 Å². The second-order valence-corrected chi connectivity index (χ2v) is 4.31. The molecule has 0 radical (unpaired) electrons. The minimum atomic E-state index is -1.16. The smallest absolute Gasteiger partial charge is 0.331 e. The van der Waals surface area contributed by atoms with Crippen LogP contribution < -0.4 is 0 Å². The van der Waals surface area contributed by atoms with Crippen LogP contribution >= 0.6 is 0 Å². The molecule has 1 N–H and O–H groups in total. The predicted molar refractivity (Wildman–Crippen MR) is 79.1 cm³/mol. The summed E-state index contributed by atoms with van der Waals surface area (Å²) in [4.78, 5) is 20.6. The molecule has 20 heavy (non-hydrogen) atoms. The zero-order chi connectivity index (χ0) is 15.4. The molecular weight excluding hydrogens is 256 g/mol. The summed E-state index contributed by atoms with van der Waals surface area (Å²) in [6.07, 6.45) is 3.48. The van der Waals surface area contributed by atoms with E-state index in [1.165, 1.54) is 5.56 Å². The van der Waals surface area contributed by atoms with Crippen molar-refractivity contribution in [3.63, 3.8) is 0 Å². The van der Waals surface area contributed by atoms with Crippen LogP contribution in [0.5, 0.6) is 0 Å². The van der Waals surface area contributed by atoms with Crippen molar-refractivity contribution in [3.8, 4) is 0 Å². The van der Waals surface area contributed by atoms with E-state index in [1.54, 1.807) is 0 Å². The van der Waals surface area contributed by atoms with E-state index in [0.717, 1.165) is 12.2 Å². The molecular formula is C16H20O4. The van der Waals surface area contributed by atoms with E-state index in [1.807, 2.05) is 50.3 Å². The summed E-state index contributed by atoms with van der Waals surface area (Å²) in [5.74, 6) is -1.52. The van der Waals surface area contributed by atoms with Gasteiger partial charge in [-0.1, -0.05) is 56.8 Å². The largest absolute Gasteiger partial charge is 0.478 e. The minimum Gasteiger partial charge on any atom is -0.478 e. The lowest BCUT2D eigenvalue weighted by molar-refractivity contribution is -0.139. The maximum Gasteiger partial charge on any atom is 0.331 e. The zero-order valence-electron chi connectivity index (χ0n) is 11.8. The molecule has 0 fully saturated rings. The van der Waals surface area contributed by atoms with Crippen LogP contribution in [-0.4, -0.2) is 23.7 Å². The normalized spacial score (nSPS) is 9.75. The molecule has 0 aliphatic rings. The van der Waals surface area contributed by atoms with Crippen molar-refractivity contribution in [3.05, 3.63) is 54.6 Å². The van der Waals surface area contributed by atoms with Gasteiger partial charge in [0.2, 0.25) is 0 Å². The number of hydrogen-bond acceptors (Lipinski definition) is 3. The van der Waals surface area contributed by atoms with Gasteiger partial charge in [-0.25, -0.2) is 9.59 Å². The Labute approximate surface area is 119 Å². The molecule has 0 aromatic heterocycles. The molecule has 0 aliphatic heterocycles. The molecule has 0 unspecified atom stereocenters. The predicted octanol–water partition coefficient (Wildman–Crippen LogP) is 3.16.